The Bertz CT molecular complexity index is 2020. The minimum atomic E-state index is -1.83. The molecule has 2 unspecified atom stereocenters. The summed E-state index contributed by atoms with van der Waals surface area (Å²) in [7, 11) is 0. The number of fused-ring (bicyclic) bond motifs is 2. The summed E-state index contributed by atoms with van der Waals surface area (Å²) in [5, 5.41) is 48.2. The van der Waals surface area contributed by atoms with Crippen molar-refractivity contribution in [2.75, 3.05) is 11.5 Å². The summed E-state index contributed by atoms with van der Waals surface area (Å²) < 4.78 is 0. The molecule has 0 bridgehead atoms. The molecule has 252 valence electrons. The summed E-state index contributed by atoms with van der Waals surface area (Å²) in [5.41, 5.74) is 2.13. The monoisotopic (exact) mass is 701 g/mol. The number of carbonyl (C=O) groups is 5. The summed E-state index contributed by atoms with van der Waals surface area (Å²) in [6, 6.07) is -0.0800. The van der Waals surface area contributed by atoms with Crippen molar-refractivity contribution in [2.24, 2.45) is 5.16 Å². The maximum absolute atomic E-state index is 13.3. The van der Waals surface area contributed by atoms with Gasteiger partial charge in [-0.15, -0.1) is 23.1 Å². The first-order chi connectivity index (χ1) is 22.5. The lowest BCUT2D eigenvalue weighted by molar-refractivity contribution is -0.161. The zero-order valence-electron chi connectivity index (χ0n) is 25.1. The molecule has 0 radical (unpaired) electrons. The summed E-state index contributed by atoms with van der Waals surface area (Å²) in [6.07, 6.45) is 1.11. The molecule has 3 amide bonds. The Kier molecular flexibility index (Phi) is 8.80. The molecule has 3 aromatic rings. The van der Waals surface area contributed by atoms with Crippen molar-refractivity contribution < 1.29 is 49.2 Å². The number of thiazole rings is 1. The Labute approximate surface area is 277 Å². The average Bonchev–Trinajstić information content (AvgIpc) is 3.45. The van der Waals surface area contributed by atoms with Crippen LogP contribution in [0.3, 0.4) is 0 Å². The van der Waals surface area contributed by atoms with Crippen LogP contribution in [-0.2, 0) is 24.0 Å². The van der Waals surface area contributed by atoms with Crippen LogP contribution in [0.5, 0.6) is 11.5 Å². The van der Waals surface area contributed by atoms with Gasteiger partial charge in [-0.1, -0.05) is 5.16 Å². The first-order valence-electron chi connectivity index (χ1n) is 13.8. The number of amides is 3. The molecule has 3 atom stereocenters. The molecule has 2 aliphatic heterocycles. The number of H-pyrrole nitrogens is 1. The normalized spacial score (nSPS) is 18.5. The third-order valence-corrected chi connectivity index (χ3v) is 9.41. The number of carbonyl (C=O) groups excluding carboxylic acids is 3. The van der Waals surface area contributed by atoms with Gasteiger partial charge in [0.1, 0.15) is 28.4 Å². The number of hydrogen-bond acceptors (Lipinski definition) is 14. The van der Waals surface area contributed by atoms with Crippen LogP contribution in [0.15, 0.2) is 44.9 Å². The van der Waals surface area contributed by atoms with E-state index in [1.807, 2.05) is 0 Å². The number of nitrogens with two attached hydrogens (primary N) is 1. The molecule has 2 aliphatic rings. The minimum Gasteiger partial charge on any atom is -0.504 e. The van der Waals surface area contributed by atoms with Crippen LogP contribution in [0.2, 0.25) is 0 Å². The second-order valence-electron chi connectivity index (χ2n) is 11.1. The largest absolute Gasteiger partial charge is 0.504 e. The van der Waals surface area contributed by atoms with Gasteiger partial charge in [-0.05, 0) is 32.4 Å². The number of β-lactam (4-membered cyclic amide) rings is 1. The number of aliphatic carboxylic acids is 2. The number of anilines is 1. The highest BCUT2D eigenvalue weighted by Crippen LogP contribution is 2.41. The highest BCUT2D eigenvalue weighted by molar-refractivity contribution is 8.00. The van der Waals surface area contributed by atoms with E-state index >= 15 is 0 Å². The number of rotatable bonds is 10. The number of carboxylic acid groups (broad SMARTS) is 2. The van der Waals surface area contributed by atoms with Crippen molar-refractivity contribution in [3.05, 3.63) is 56.5 Å². The number of pyridine rings is 1. The van der Waals surface area contributed by atoms with Crippen molar-refractivity contribution in [3.8, 4) is 11.5 Å². The highest BCUT2D eigenvalue weighted by Gasteiger charge is 2.55. The number of hydrogen-bond donors (Lipinski definition) is 8. The molecule has 0 aliphatic carbocycles. The van der Waals surface area contributed by atoms with Gasteiger partial charge < -0.3 is 46.6 Å². The van der Waals surface area contributed by atoms with Crippen molar-refractivity contribution in [3.63, 3.8) is 0 Å². The molecule has 1 fully saturated rings. The highest BCUT2D eigenvalue weighted by atomic mass is 32.2. The van der Waals surface area contributed by atoms with E-state index in [1.54, 1.807) is 0 Å². The Hall–Kier alpha value is -5.63. The number of oxime groups is 1. The number of nitrogen functional groups attached to an aromatic ring is 1. The van der Waals surface area contributed by atoms with Gasteiger partial charge in [0.25, 0.3) is 17.7 Å². The summed E-state index contributed by atoms with van der Waals surface area (Å²) >= 11 is 2.08. The molecule has 1 aromatic carbocycles. The molecule has 0 saturated carbocycles. The number of carboxylic acids is 2. The summed E-state index contributed by atoms with van der Waals surface area (Å²) in [6.45, 7) is 3.88. The minimum absolute atomic E-state index is 0.00457. The third kappa shape index (κ3) is 6.09. The number of aromatic hydroxyl groups is 2. The van der Waals surface area contributed by atoms with Crippen molar-refractivity contribution in [1.29, 1.82) is 0 Å². The number of benzene rings is 1. The van der Waals surface area contributed by atoms with E-state index in [-0.39, 0.29) is 38.6 Å². The predicted octanol–water partition coefficient (Wildman–Crippen LogP) is 0.119. The number of phenols is 2. The van der Waals surface area contributed by atoms with Crippen molar-refractivity contribution >= 4 is 74.5 Å². The van der Waals surface area contributed by atoms with Gasteiger partial charge in [0.05, 0.1) is 16.9 Å². The first-order valence-corrected chi connectivity index (χ1v) is 15.8. The van der Waals surface area contributed by atoms with E-state index in [9.17, 15) is 49.2 Å². The van der Waals surface area contributed by atoms with Crippen LogP contribution in [0.1, 0.15) is 36.8 Å². The van der Waals surface area contributed by atoms with Crippen LogP contribution in [-0.4, -0.2) is 99.5 Å². The van der Waals surface area contributed by atoms with Crippen LogP contribution in [0, 0.1) is 0 Å². The second-order valence-corrected chi connectivity index (χ2v) is 13.1. The molecular formula is C28H27N7O11S2. The fourth-order valence-electron chi connectivity index (χ4n) is 4.76. The smallest absolute Gasteiger partial charge is 0.352 e. The topological polar surface area (TPSA) is 287 Å². The van der Waals surface area contributed by atoms with Crippen molar-refractivity contribution in [1.82, 2.24) is 25.5 Å². The van der Waals surface area contributed by atoms with Gasteiger partial charge in [0, 0.05) is 23.4 Å². The molecular weight excluding hydrogens is 674 g/mol. The first kappa shape index (κ1) is 33.7. The lowest BCUT2D eigenvalue weighted by Gasteiger charge is -2.50. The molecule has 48 heavy (non-hydrogen) atoms. The van der Waals surface area contributed by atoms with E-state index in [0.717, 1.165) is 46.3 Å². The van der Waals surface area contributed by atoms with Gasteiger partial charge in [-0.2, -0.15) is 0 Å². The van der Waals surface area contributed by atoms with E-state index in [1.165, 1.54) is 26.2 Å². The lowest BCUT2D eigenvalue weighted by Crippen LogP contribution is -2.71. The van der Waals surface area contributed by atoms with E-state index < -0.39 is 81.1 Å². The van der Waals surface area contributed by atoms with Crippen LogP contribution < -0.4 is 21.8 Å². The Balaban J connectivity index is 1.35. The zero-order valence-corrected chi connectivity index (χ0v) is 26.8. The molecule has 18 nitrogen and oxygen atoms in total. The number of nitrogens with zero attached hydrogens (tertiary/aromatic N) is 3. The van der Waals surface area contributed by atoms with Crippen LogP contribution in [0.4, 0.5) is 5.13 Å². The molecule has 9 N–H and O–H groups in total. The average molecular weight is 702 g/mol. The van der Waals surface area contributed by atoms with Gasteiger partial charge in [-0.3, -0.25) is 24.1 Å². The standard InChI is InChI=1S/C28H27N7O11S2/c1-9(31-21(39)11-6-30-13-5-16(37)15(36)4-10(13)20(11)38)12-7-47-24-18(23(41)35(24)19(12)25(42)43)33-22(40)17(14-8-48-27(29)32-14)34-46-28(2,3)26(44)45/h4-6,8-9,18,24,36-37H,7H2,1-3H3,(H2,29,32)(H,30,38)(H,31,39)(H,33,40)(H,42,43)(H,44,45)/b34-17-/t9?,18?,24-/m0/s1. The molecule has 4 heterocycles. The maximum atomic E-state index is 13.3. The zero-order chi connectivity index (χ0) is 35.2. The lowest BCUT2D eigenvalue weighted by atomic mass is 9.99. The Morgan fingerprint density at radius 1 is 1.19 bits per heavy atom. The summed E-state index contributed by atoms with van der Waals surface area (Å²) in [4.78, 5) is 89.3. The molecule has 1 saturated heterocycles. The fourth-order valence-corrected chi connectivity index (χ4v) is 6.78. The third-order valence-electron chi connectivity index (χ3n) is 7.44. The SMILES string of the molecule is CC(NC(=O)c1c[nH]c2cc(O)c(O)cc2c1=O)C1=C(C(=O)O)N2C(=O)C(NC(=O)/C(=N\OC(C)(C)C(=O)O)c3csc(N)n3)[C@@H]2SC1. The summed E-state index contributed by atoms with van der Waals surface area (Å²) in [5.74, 6) is -6.49. The number of aromatic nitrogens is 2. The number of thioether (sulfide) groups is 1. The van der Waals surface area contributed by atoms with E-state index in [0.29, 0.717) is 0 Å². The Morgan fingerprint density at radius 3 is 2.50 bits per heavy atom. The fraction of sp³-hybridized carbons (Fsp3) is 0.286. The van der Waals surface area contributed by atoms with Gasteiger partial charge in [-0.25, -0.2) is 14.6 Å². The molecule has 2 aromatic heterocycles. The molecule has 0 spiro atoms. The number of aromatic amines is 1. The van der Waals surface area contributed by atoms with Gasteiger partial charge >= 0.3 is 11.9 Å². The number of phenolic OH excluding ortho intramolecular Hbond substituents is 2. The van der Waals surface area contributed by atoms with Gasteiger partial charge in [0.15, 0.2) is 22.3 Å². The second kappa shape index (κ2) is 12.5. The van der Waals surface area contributed by atoms with E-state index in [4.69, 9.17) is 10.6 Å². The molecule has 5 rings (SSSR count). The van der Waals surface area contributed by atoms with Crippen molar-refractivity contribution in [2.45, 2.75) is 43.8 Å². The van der Waals surface area contributed by atoms with Crippen LogP contribution >= 0.6 is 23.1 Å². The van der Waals surface area contributed by atoms with E-state index in [2.05, 4.69) is 25.8 Å². The quantitative estimate of drug-likeness (QED) is 0.0603. The Morgan fingerprint density at radius 2 is 1.88 bits per heavy atom. The number of nitrogens with one attached hydrogen (secondary N) is 3. The predicted molar refractivity (Wildman–Crippen MR) is 170 cm³/mol. The molecule has 20 heteroatoms. The van der Waals surface area contributed by atoms with Crippen LogP contribution in [0.25, 0.3) is 10.9 Å². The van der Waals surface area contributed by atoms with Gasteiger partial charge in [0.2, 0.25) is 11.0 Å². The maximum Gasteiger partial charge on any atom is 0.352 e.